The van der Waals surface area contributed by atoms with Gasteiger partial charge in [-0.25, -0.2) is 4.98 Å². The van der Waals surface area contributed by atoms with E-state index in [1.165, 1.54) is 11.0 Å². The van der Waals surface area contributed by atoms with Crippen molar-refractivity contribution in [2.75, 3.05) is 20.1 Å². The van der Waals surface area contributed by atoms with Crippen molar-refractivity contribution in [1.29, 1.82) is 0 Å². The molecule has 0 saturated carbocycles. The zero-order chi connectivity index (χ0) is 19.7. The van der Waals surface area contributed by atoms with Crippen LogP contribution in [0.4, 0.5) is 0 Å². The number of nitrogens with zero attached hydrogens (tertiary/aromatic N) is 6. The van der Waals surface area contributed by atoms with Crippen LogP contribution in [0.15, 0.2) is 30.7 Å². The summed E-state index contributed by atoms with van der Waals surface area (Å²) in [5.74, 6) is 0.258. The molecule has 4 heterocycles. The molecule has 0 aromatic carbocycles. The molecule has 2 amide bonds. The minimum Gasteiger partial charge on any atom is -0.363 e. The number of aryl methyl sites for hydroxylation is 1. The van der Waals surface area contributed by atoms with Crippen molar-refractivity contribution in [3.05, 3.63) is 42.2 Å². The average molecular weight is 384 g/mol. The van der Waals surface area contributed by atoms with Crippen LogP contribution in [0.1, 0.15) is 29.2 Å². The topological polar surface area (TPSA) is 93.5 Å². The lowest BCUT2D eigenvalue weighted by Crippen LogP contribution is -2.46. The molecule has 0 aliphatic carbocycles. The van der Waals surface area contributed by atoms with Crippen molar-refractivity contribution in [3.8, 4) is 0 Å². The van der Waals surface area contributed by atoms with Crippen molar-refractivity contribution in [1.82, 2.24) is 29.5 Å². The summed E-state index contributed by atoms with van der Waals surface area (Å²) in [5, 5.41) is 4.08. The lowest BCUT2D eigenvalue weighted by atomic mass is 9.91. The molecule has 9 nitrogen and oxygen atoms in total. The number of amides is 2. The summed E-state index contributed by atoms with van der Waals surface area (Å²) < 4.78 is 7.57. The van der Waals surface area contributed by atoms with Crippen molar-refractivity contribution < 1.29 is 14.3 Å². The predicted octanol–water partition coefficient (Wildman–Crippen LogP) is 0.488. The number of carbonyl (C=O) groups excluding carboxylic acids is 2. The Hall–Kier alpha value is -2.81. The van der Waals surface area contributed by atoms with E-state index in [-0.39, 0.29) is 29.7 Å². The van der Waals surface area contributed by atoms with Gasteiger partial charge in [0.25, 0.3) is 11.8 Å². The number of hydrogen-bond acceptors (Lipinski definition) is 6. The Kier molecular flexibility index (Phi) is 5.08. The first-order chi connectivity index (χ1) is 13.5. The molecule has 1 unspecified atom stereocenters. The first-order valence-corrected chi connectivity index (χ1v) is 9.46. The molecule has 0 N–H and O–H groups in total. The molecule has 148 valence electrons. The highest BCUT2D eigenvalue weighted by molar-refractivity contribution is 5.90. The quantitative estimate of drug-likeness (QED) is 0.762. The number of likely N-dealkylation sites (tertiary alicyclic amines) is 1. The van der Waals surface area contributed by atoms with E-state index in [1.54, 1.807) is 30.1 Å². The Morgan fingerprint density at radius 3 is 2.89 bits per heavy atom. The van der Waals surface area contributed by atoms with Gasteiger partial charge in [-0.2, -0.15) is 0 Å². The van der Waals surface area contributed by atoms with Crippen LogP contribution in [-0.2, 0) is 23.1 Å². The molecule has 4 rings (SSSR count). The molecule has 2 aliphatic heterocycles. The summed E-state index contributed by atoms with van der Waals surface area (Å²) in [6, 6.07) is 5.65. The lowest BCUT2D eigenvalue weighted by molar-refractivity contribution is -0.142. The maximum Gasteiger partial charge on any atom is 0.293 e. The third-order valence-corrected chi connectivity index (χ3v) is 5.41. The maximum absolute atomic E-state index is 12.8. The Balaban J connectivity index is 1.35. The van der Waals surface area contributed by atoms with Gasteiger partial charge in [0.2, 0.25) is 5.82 Å². The Bertz CT molecular complexity index is 854. The van der Waals surface area contributed by atoms with Gasteiger partial charge in [0.05, 0.1) is 18.3 Å². The summed E-state index contributed by atoms with van der Waals surface area (Å²) in [5.41, 5.74) is 0.841. The van der Waals surface area contributed by atoms with E-state index >= 15 is 0 Å². The van der Waals surface area contributed by atoms with Gasteiger partial charge in [-0.05, 0) is 30.9 Å². The molecule has 28 heavy (non-hydrogen) atoms. The number of pyridine rings is 1. The summed E-state index contributed by atoms with van der Waals surface area (Å²) in [6.07, 6.45) is 4.15. The van der Waals surface area contributed by atoms with E-state index in [9.17, 15) is 9.59 Å². The van der Waals surface area contributed by atoms with E-state index in [0.29, 0.717) is 26.1 Å². The SMILES string of the molecule is CN(Cc1ccccn1)C(=O)C1C[C@@H]2CCN(C(=O)c3ncn(C)n3)C[C@@H]2O1. The molecule has 0 bridgehead atoms. The normalized spacial score (nSPS) is 24.1. The summed E-state index contributed by atoms with van der Waals surface area (Å²) in [6.45, 7) is 1.55. The highest BCUT2D eigenvalue weighted by Crippen LogP contribution is 2.34. The first kappa shape index (κ1) is 18.5. The molecule has 9 heteroatoms. The van der Waals surface area contributed by atoms with Crippen LogP contribution in [0, 0.1) is 5.92 Å². The van der Waals surface area contributed by atoms with Gasteiger partial charge in [-0.15, -0.1) is 5.10 Å². The summed E-state index contributed by atoms with van der Waals surface area (Å²) >= 11 is 0. The van der Waals surface area contributed by atoms with E-state index in [2.05, 4.69) is 15.1 Å². The molecule has 2 aliphatic rings. The third-order valence-electron chi connectivity index (χ3n) is 5.41. The fourth-order valence-corrected chi connectivity index (χ4v) is 3.91. The van der Waals surface area contributed by atoms with E-state index in [0.717, 1.165) is 12.1 Å². The molecule has 2 aromatic rings. The van der Waals surface area contributed by atoms with E-state index in [1.807, 2.05) is 18.2 Å². The van der Waals surface area contributed by atoms with Gasteiger partial charge in [0.15, 0.2) is 0 Å². The van der Waals surface area contributed by atoms with Crippen LogP contribution in [0.2, 0.25) is 0 Å². The Morgan fingerprint density at radius 2 is 2.18 bits per heavy atom. The third kappa shape index (κ3) is 3.75. The number of rotatable bonds is 4. The number of aromatic nitrogens is 4. The molecule has 0 spiro atoms. The Labute approximate surface area is 163 Å². The van der Waals surface area contributed by atoms with Gasteiger partial charge in [0, 0.05) is 33.4 Å². The molecular formula is C19H24N6O3. The minimum absolute atomic E-state index is 0.0377. The molecule has 2 aromatic heterocycles. The highest BCUT2D eigenvalue weighted by Gasteiger charge is 2.43. The highest BCUT2D eigenvalue weighted by atomic mass is 16.5. The number of likely N-dealkylation sites (N-methyl/N-ethyl adjacent to an activating group) is 1. The largest absolute Gasteiger partial charge is 0.363 e. The monoisotopic (exact) mass is 384 g/mol. The predicted molar refractivity (Wildman–Crippen MR) is 99.0 cm³/mol. The van der Waals surface area contributed by atoms with Crippen LogP contribution >= 0.6 is 0 Å². The van der Waals surface area contributed by atoms with Crippen LogP contribution in [0.3, 0.4) is 0 Å². The van der Waals surface area contributed by atoms with Crippen molar-refractivity contribution in [2.24, 2.45) is 13.0 Å². The number of carbonyl (C=O) groups is 2. The number of ether oxygens (including phenoxy) is 1. The van der Waals surface area contributed by atoms with Gasteiger partial charge in [-0.3, -0.25) is 19.3 Å². The van der Waals surface area contributed by atoms with E-state index in [4.69, 9.17) is 4.74 Å². The average Bonchev–Trinajstić information content (AvgIpc) is 3.33. The zero-order valence-electron chi connectivity index (χ0n) is 16.1. The summed E-state index contributed by atoms with van der Waals surface area (Å²) in [7, 11) is 3.50. The first-order valence-electron chi connectivity index (χ1n) is 9.46. The van der Waals surface area contributed by atoms with Gasteiger partial charge < -0.3 is 14.5 Å². The molecule has 2 saturated heterocycles. The molecule has 0 radical (unpaired) electrons. The van der Waals surface area contributed by atoms with Crippen molar-refractivity contribution in [2.45, 2.75) is 31.6 Å². The second-order valence-corrected chi connectivity index (χ2v) is 7.46. The van der Waals surface area contributed by atoms with Gasteiger partial charge in [-0.1, -0.05) is 6.07 Å². The second kappa shape index (κ2) is 7.67. The summed E-state index contributed by atoms with van der Waals surface area (Å²) in [4.78, 5) is 37.1. The Morgan fingerprint density at radius 1 is 1.32 bits per heavy atom. The number of piperidine rings is 1. The van der Waals surface area contributed by atoms with Crippen LogP contribution in [-0.4, -0.2) is 73.7 Å². The van der Waals surface area contributed by atoms with E-state index < -0.39 is 6.10 Å². The number of hydrogen-bond donors (Lipinski definition) is 0. The van der Waals surface area contributed by atoms with Crippen LogP contribution < -0.4 is 0 Å². The zero-order valence-corrected chi connectivity index (χ0v) is 16.1. The molecular weight excluding hydrogens is 360 g/mol. The fourth-order valence-electron chi connectivity index (χ4n) is 3.91. The molecule has 3 atom stereocenters. The van der Waals surface area contributed by atoms with Crippen LogP contribution in [0.5, 0.6) is 0 Å². The fraction of sp³-hybridized carbons (Fsp3) is 0.526. The van der Waals surface area contributed by atoms with Gasteiger partial charge >= 0.3 is 0 Å². The van der Waals surface area contributed by atoms with Crippen molar-refractivity contribution in [3.63, 3.8) is 0 Å². The second-order valence-electron chi connectivity index (χ2n) is 7.46. The minimum atomic E-state index is -0.466. The number of fused-ring (bicyclic) bond motifs is 1. The van der Waals surface area contributed by atoms with Gasteiger partial charge in [0.1, 0.15) is 12.4 Å². The maximum atomic E-state index is 12.8. The molecule has 2 fully saturated rings. The standard InChI is InChI=1S/C19H24N6O3/c1-23(10-14-5-3-4-7-20-14)18(26)15-9-13-6-8-25(11-16(13)28-15)19(27)17-21-12-24(2)22-17/h3-5,7,12-13,15-16H,6,8-11H2,1-2H3/t13-,15?,16-/m0/s1. The lowest BCUT2D eigenvalue weighted by Gasteiger charge is -2.33. The van der Waals surface area contributed by atoms with Crippen molar-refractivity contribution >= 4 is 11.8 Å². The van der Waals surface area contributed by atoms with Crippen LogP contribution in [0.25, 0.3) is 0 Å². The smallest absolute Gasteiger partial charge is 0.293 e.